The van der Waals surface area contributed by atoms with Gasteiger partial charge < -0.3 is 5.32 Å². The Kier molecular flexibility index (Phi) is 4.48. The van der Waals surface area contributed by atoms with Crippen LogP contribution in [0.4, 0.5) is 0 Å². The van der Waals surface area contributed by atoms with Gasteiger partial charge in [0, 0.05) is 18.1 Å². The lowest BCUT2D eigenvalue weighted by molar-refractivity contribution is 0.667. The van der Waals surface area contributed by atoms with Crippen molar-refractivity contribution in [3.8, 4) is 10.7 Å². The fourth-order valence-corrected chi connectivity index (χ4v) is 2.31. The molecule has 0 aliphatic heterocycles. The fourth-order valence-electron chi connectivity index (χ4n) is 1.40. The molecule has 2 aromatic rings. The van der Waals surface area contributed by atoms with Crippen LogP contribution in [0.5, 0.6) is 0 Å². The molecule has 0 spiro atoms. The van der Waals surface area contributed by atoms with Gasteiger partial charge in [0.25, 0.3) is 0 Å². The van der Waals surface area contributed by atoms with E-state index in [2.05, 4.69) is 27.6 Å². The normalized spacial score (nSPS) is 10.7. The van der Waals surface area contributed by atoms with Crippen LogP contribution in [0.1, 0.15) is 19.0 Å². The summed E-state index contributed by atoms with van der Waals surface area (Å²) < 4.78 is 0. The fraction of sp³-hybridized carbons (Fsp3) is 0.333. The van der Waals surface area contributed by atoms with Crippen molar-refractivity contribution >= 4 is 22.9 Å². The van der Waals surface area contributed by atoms with Gasteiger partial charge in [-0.2, -0.15) is 0 Å². The maximum absolute atomic E-state index is 5.80. The monoisotopic (exact) mass is 267 g/mol. The Balaban J connectivity index is 2.04. The predicted octanol–water partition coefficient (Wildman–Crippen LogP) is 3.36. The van der Waals surface area contributed by atoms with Gasteiger partial charge in [0.2, 0.25) is 0 Å². The third kappa shape index (κ3) is 3.49. The second kappa shape index (κ2) is 6.10. The van der Waals surface area contributed by atoms with Crippen molar-refractivity contribution in [2.75, 3.05) is 6.54 Å². The topological polar surface area (TPSA) is 37.8 Å². The van der Waals surface area contributed by atoms with Crippen molar-refractivity contribution in [3.05, 3.63) is 34.4 Å². The van der Waals surface area contributed by atoms with Crippen LogP contribution in [0.25, 0.3) is 10.7 Å². The maximum atomic E-state index is 5.80. The highest BCUT2D eigenvalue weighted by Crippen LogP contribution is 2.22. The average Bonchev–Trinajstić information content (AvgIpc) is 2.79. The zero-order chi connectivity index (χ0) is 12.1. The van der Waals surface area contributed by atoms with E-state index in [1.165, 1.54) is 0 Å². The lowest BCUT2D eigenvalue weighted by Gasteiger charge is -1.98. The third-order valence-corrected chi connectivity index (χ3v) is 3.37. The largest absolute Gasteiger partial charge is 0.311 e. The molecule has 0 bridgehead atoms. The molecule has 0 amide bonds. The van der Waals surface area contributed by atoms with Gasteiger partial charge >= 0.3 is 0 Å². The van der Waals surface area contributed by atoms with Crippen molar-refractivity contribution in [2.45, 2.75) is 19.9 Å². The van der Waals surface area contributed by atoms with E-state index in [1.807, 2.05) is 12.1 Å². The van der Waals surface area contributed by atoms with E-state index >= 15 is 0 Å². The molecule has 1 N–H and O–H groups in total. The van der Waals surface area contributed by atoms with Crippen LogP contribution in [0, 0.1) is 0 Å². The molecule has 0 aromatic carbocycles. The summed E-state index contributed by atoms with van der Waals surface area (Å²) >= 11 is 7.41. The number of nitrogens with zero attached hydrogens (tertiary/aromatic N) is 2. The van der Waals surface area contributed by atoms with Crippen LogP contribution in [0.3, 0.4) is 0 Å². The molecule has 17 heavy (non-hydrogen) atoms. The molecule has 2 aromatic heterocycles. The molecule has 2 heterocycles. The Morgan fingerprint density at radius 3 is 3.00 bits per heavy atom. The standard InChI is InChI=1S/C12H14ClN3S/c1-2-5-14-7-10-8-17-12(16-10)11-4-3-9(13)6-15-11/h3-4,6,8,14H,2,5,7H2,1H3. The molecule has 0 atom stereocenters. The molecule has 3 nitrogen and oxygen atoms in total. The van der Waals surface area contributed by atoms with E-state index in [0.717, 1.165) is 35.9 Å². The molecular weight excluding hydrogens is 254 g/mol. The quantitative estimate of drug-likeness (QED) is 0.844. The molecule has 90 valence electrons. The SMILES string of the molecule is CCCNCc1csc(-c2ccc(Cl)cn2)n1. The van der Waals surface area contributed by atoms with Crippen molar-refractivity contribution in [1.29, 1.82) is 0 Å². The summed E-state index contributed by atoms with van der Waals surface area (Å²) in [6.45, 7) is 3.99. The van der Waals surface area contributed by atoms with Gasteiger partial charge in [-0.3, -0.25) is 4.98 Å². The summed E-state index contributed by atoms with van der Waals surface area (Å²) in [7, 11) is 0. The summed E-state index contributed by atoms with van der Waals surface area (Å²) in [5.74, 6) is 0. The molecule has 0 saturated carbocycles. The second-order valence-corrected chi connectivity index (χ2v) is 4.98. The molecule has 2 rings (SSSR count). The van der Waals surface area contributed by atoms with Crippen LogP contribution in [-0.2, 0) is 6.54 Å². The van der Waals surface area contributed by atoms with Crippen molar-refractivity contribution in [3.63, 3.8) is 0 Å². The van der Waals surface area contributed by atoms with Crippen LogP contribution in [0.15, 0.2) is 23.7 Å². The Hall–Kier alpha value is -0.970. The first-order valence-corrected chi connectivity index (χ1v) is 6.82. The van der Waals surface area contributed by atoms with E-state index in [0.29, 0.717) is 5.02 Å². The van der Waals surface area contributed by atoms with Crippen LogP contribution < -0.4 is 5.32 Å². The van der Waals surface area contributed by atoms with E-state index in [9.17, 15) is 0 Å². The molecule has 0 saturated heterocycles. The predicted molar refractivity (Wildman–Crippen MR) is 72.4 cm³/mol. The molecular formula is C12H14ClN3S. The molecule has 0 unspecified atom stereocenters. The first kappa shape index (κ1) is 12.5. The van der Waals surface area contributed by atoms with Crippen molar-refractivity contribution < 1.29 is 0 Å². The number of aromatic nitrogens is 2. The minimum Gasteiger partial charge on any atom is -0.311 e. The molecule has 0 aliphatic carbocycles. The van der Waals surface area contributed by atoms with Crippen LogP contribution in [-0.4, -0.2) is 16.5 Å². The number of rotatable bonds is 5. The molecule has 0 radical (unpaired) electrons. The number of hydrogen-bond acceptors (Lipinski definition) is 4. The van der Waals surface area contributed by atoms with E-state index in [1.54, 1.807) is 17.5 Å². The molecule has 0 fully saturated rings. The Bertz CT molecular complexity index is 467. The third-order valence-electron chi connectivity index (χ3n) is 2.23. The minimum atomic E-state index is 0.648. The van der Waals surface area contributed by atoms with Crippen molar-refractivity contribution in [2.24, 2.45) is 0 Å². The summed E-state index contributed by atoms with van der Waals surface area (Å²) in [5, 5.41) is 6.98. The number of pyridine rings is 1. The smallest absolute Gasteiger partial charge is 0.142 e. The van der Waals surface area contributed by atoms with E-state index in [-0.39, 0.29) is 0 Å². The number of thiazole rings is 1. The van der Waals surface area contributed by atoms with E-state index < -0.39 is 0 Å². The zero-order valence-electron chi connectivity index (χ0n) is 9.61. The van der Waals surface area contributed by atoms with Gasteiger partial charge in [-0.25, -0.2) is 4.98 Å². The summed E-state index contributed by atoms with van der Waals surface area (Å²) in [6, 6.07) is 3.73. The minimum absolute atomic E-state index is 0.648. The van der Waals surface area contributed by atoms with Gasteiger partial charge in [0.1, 0.15) is 5.01 Å². The zero-order valence-corrected chi connectivity index (χ0v) is 11.2. The average molecular weight is 268 g/mol. The number of hydrogen-bond donors (Lipinski definition) is 1. The van der Waals surface area contributed by atoms with Gasteiger partial charge in [-0.1, -0.05) is 18.5 Å². The highest BCUT2D eigenvalue weighted by atomic mass is 35.5. The van der Waals surface area contributed by atoms with E-state index in [4.69, 9.17) is 11.6 Å². The number of nitrogens with one attached hydrogen (secondary N) is 1. The van der Waals surface area contributed by atoms with Gasteiger partial charge in [0.05, 0.1) is 16.4 Å². The van der Waals surface area contributed by atoms with Crippen LogP contribution in [0.2, 0.25) is 5.02 Å². The Morgan fingerprint density at radius 2 is 2.29 bits per heavy atom. The highest BCUT2D eigenvalue weighted by molar-refractivity contribution is 7.13. The van der Waals surface area contributed by atoms with Gasteiger partial charge in [-0.15, -0.1) is 11.3 Å². The lowest BCUT2D eigenvalue weighted by atomic mass is 10.3. The molecule has 5 heteroatoms. The maximum Gasteiger partial charge on any atom is 0.142 e. The van der Waals surface area contributed by atoms with Crippen LogP contribution >= 0.6 is 22.9 Å². The Labute approximate surface area is 110 Å². The van der Waals surface area contributed by atoms with Gasteiger partial charge in [0.15, 0.2) is 0 Å². The Morgan fingerprint density at radius 1 is 1.41 bits per heavy atom. The lowest BCUT2D eigenvalue weighted by Crippen LogP contribution is -2.13. The summed E-state index contributed by atoms with van der Waals surface area (Å²) in [5.41, 5.74) is 1.94. The summed E-state index contributed by atoms with van der Waals surface area (Å²) in [6.07, 6.45) is 2.78. The number of halogens is 1. The second-order valence-electron chi connectivity index (χ2n) is 3.68. The van der Waals surface area contributed by atoms with Crippen molar-refractivity contribution in [1.82, 2.24) is 15.3 Å². The first-order valence-electron chi connectivity index (χ1n) is 5.56. The molecule has 0 aliphatic rings. The summed E-state index contributed by atoms with van der Waals surface area (Å²) in [4.78, 5) is 8.79. The first-order chi connectivity index (χ1) is 8.29. The van der Waals surface area contributed by atoms with Gasteiger partial charge in [-0.05, 0) is 25.1 Å². The highest BCUT2D eigenvalue weighted by Gasteiger charge is 2.05.